The molecule has 0 aromatic carbocycles. The standard InChI is InChI=1S/C19H22N6O/c1-24-12-15(11-21-24)14-9-17(19(26)22-16-5-3-2-4-6-16)23-18(10-14)25-8-7-20-13-25/h7-13,16H,2-6H2,1H3,(H,22,26). The van der Waals surface area contributed by atoms with Gasteiger partial charge >= 0.3 is 0 Å². The summed E-state index contributed by atoms with van der Waals surface area (Å²) in [4.78, 5) is 21.4. The molecule has 3 heterocycles. The van der Waals surface area contributed by atoms with Gasteiger partial charge in [-0.3, -0.25) is 14.0 Å². The molecule has 134 valence electrons. The Bertz CT molecular complexity index is 893. The van der Waals surface area contributed by atoms with Gasteiger partial charge in [0.15, 0.2) is 0 Å². The molecule has 7 heteroatoms. The summed E-state index contributed by atoms with van der Waals surface area (Å²) in [7, 11) is 1.87. The van der Waals surface area contributed by atoms with Crippen molar-refractivity contribution in [3.8, 4) is 16.9 Å². The first-order valence-electron chi connectivity index (χ1n) is 8.99. The Morgan fingerprint density at radius 2 is 2.04 bits per heavy atom. The molecule has 1 saturated carbocycles. The molecule has 0 aliphatic heterocycles. The number of nitrogens with one attached hydrogen (secondary N) is 1. The lowest BCUT2D eigenvalue weighted by molar-refractivity contribution is 0.0922. The third-order valence-electron chi connectivity index (χ3n) is 4.79. The van der Waals surface area contributed by atoms with Crippen molar-refractivity contribution in [3.63, 3.8) is 0 Å². The molecule has 7 nitrogen and oxygen atoms in total. The molecule has 1 amide bonds. The van der Waals surface area contributed by atoms with Crippen molar-refractivity contribution in [2.24, 2.45) is 7.05 Å². The topological polar surface area (TPSA) is 77.6 Å². The van der Waals surface area contributed by atoms with Gasteiger partial charge in [0.1, 0.15) is 17.8 Å². The van der Waals surface area contributed by atoms with Gasteiger partial charge in [-0.25, -0.2) is 9.97 Å². The monoisotopic (exact) mass is 350 g/mol. The fourth-order valence-corrected chi connectivity index (χ4v) is 3.40. The van der Waals surface area contributed by atoms with Crippen LogP contribution in [0.2, 0.25) is 0 Å². The normalized spacial score (nSPS) is 15.1. The maximum Gasteiger partial charge on any atom is 0.270 e. The maximum absolute atomic E-state index is 12.8. The average Bonchev–Trinajstić information content (AvgIpc) is 3.34. The van der Waals surface area contributed by atoms with E-state index in [9.17, 15) is 4.79 Å². The van der Waals surface area contributed by atoms with Gasteiger partial charge in [0, 0.05) is 37.2 Å². The van der Waals surface area contributed by atoms with E-state index in [2.05, 4.69) is 20.4 Å². The molecule has 0 spiro atoms. The van der Waals surface area contributed by atoms with Crippen LogP contribution in [-0.4, -0.2) is 36.3 Å². The van der Waals surface area contributed by atoms with Crippen molar-refractivity contribution in [2.75, 3.05) is 0 Å². The van der Waals surface area contributed by atoms with Crippen LogP contribution >= 0.6 is 0 Å². The van der Waals surface area contributed by atoms with Crippen molar-refractivity contribution < 1.29 is 4.79 Å². The molecule has 1 fully saturated rings. The fraction of sp³-hybridized carbons (Fsp3) is 0.368. The number of aryl methyl sites for hydroxylation is 1. The molecule has 0 bridgehead atoms. The number of carbonyl (C=O) groups is 1. The Hall–Kier alpha value is -2.96. The van der Waals surface area contributed by atoms with Crippen LogP contribution in [0.4, 0.5) is 0 Å². The highest BCUT2D eigenvalue weighted by Crippen LogP contribution is 2.23. The smallest absolute Gasteiger partial charge is 0.270 e. The zero-order valence-corrected chi connectivity index (χ0v) is 14.8. The SMILES string of the molecule is Cn1cc(-c2cc(C(=O)NC3CCCCC3)nc(-n3ccnc3)c2)cn1. The highest BCUT2D eigenvalue weighted by molar-refractivity contribution is 5.94. The summed E-state index contributed by atoms with van der Waals surface area (Å²) in [5.74, 6) is 0.543. The molecule has 4 rings (SSSR count). The fourth-order valence-electron chi connectivity index (χ4n) is 3.40. The molecule has 0 unspecified atom stereocenters. The molecule has 1 aliphatic rings. The molecule has 1 aliphatic carbocycles. The quantitative estimate of drug-likeness (QED) is 0.785. The van der Waals surface area contributed by atoms with E-state index in [1.165, 1.54) is 19.3 Å². The summed E-state index contributed by atoms with van der Waals surface area (Å²) in [5, 5.41) is 7.37. The Kier molecular flexibility index (Phi) is 4.51. The minimum atomic E-state index is -0.121. The second-order valence-corrected chi connectivity index (χ2v) is 6.78. The van der Waals surface area contributed by atoms with Crippen LogP contribution in [0.25, 0.3) is 16.9 Å². The van der Waals surface area contributed by atoms with Crippen molar-refractivity contribution in [1.82, 2.24) is 29.6 Å². The second kappa shape index (κ2) is 7.11. The summed E-state index contributed by atoms with van der Waals surface area (Å²) in [6.45, 7) is 0. The second-order valence-electron chi connectivity index (χ2n) is 6.78. The predicted molar refractivity (Wildman–Crippen MR) is 97.9 cm³/mol. The van der Waals surface area contributed by atoms with E-state index >= 15 is 0 Å². The highest BCUT2D eigenvalue weighted by Gasteiger charge is 2.19. The Labute approximate surface area is 152 Å². The third kappa shape index (κ3) is 3.51. The number of hydrogen-bond donors (Lipinski definition) is 1. The van der Waals surface area contributed by atoms with Crippen LogP contribution in [-0.2, 0) is 7.05 Å². The van der Waals surface area contributed by atoms with Crippen LogP contribution in [0.1, 0.15) is 42.6 Å². The van der Waals surface area contributed by atoms with Crippen LogP contribution in [0.15, 0.2) is 43.2 Å². The third-order valence-corrected chi connectivity index (χ3v) is 4.79. The van der Waals surface area contributed by atoms with Gasteiger partial charge in [-0.1, -0.05) is 19.3 Å². The molecular weight excluding hydrogens is 328 g/mol. The van der Waals surface area contributed by atoms with Gasteiger partial charge in [0.05, 0.1) is 6.20 Å². The Morgan fingerprint density at radius 1 is 1.19 bits per heavy atom. The molecule has 26 heavy (non-hydrogen) atoms. The maximum atomic E-state index is 12.8. The highest BCUT2D eigenvalue weighted by atomic mass is 16.1. The predicted octanol–water partition coefficient (Wildman–Crippen LogP) is 2.73. The number of amides is 1. The number of pyridine rings is 1. The van der Waals surface area contributed by atoms with Crippen LogP contribution < -0.4 is 5.32 Å². The van der Waals surface area contributed by atoms with E-state index in [0.29, 0.717) is 11.5 Å². The van der Waals surface area contributed by atoms with Crippen molar-refractivity contribution >= 4 is 5.91 Å². The minimum absolute atomic E-state index is 0.121. The zero-order valence-electron chi connectivity index (χ0n) is 14.8. The molecule has 0 saturated heterocycles. The van der Waals surface area contributed by atoms with Gasteiger partial charge in [-0.2, -0.15) is 5.10 Å². The average molecular weight is 350 g/mol. The number of aromatic nitrogens is 5. The van der Waals surface area contributed by atoms with Gasteiger partial charge < -0.3 is 5.32 Å². The minimum Gasteiger partial charge on any atom is -0.348 e. The largest absolute Gasteiger partial charge is 0.348 e. The van der Waals surface area contributed by atoms with E-state index < -0.39 is 0 Å². The zero-order chi connectivity index (χ0) is 17.9. The molecule has 0 atom stereocenters. The molecular formula is C19H22N6O. The summed E-state index contributed by atoms with van der Waals surface area (Å²) in [5.41, 5.74) is 2.27. The summed E-state index contributed by atoms with van der Waals surface area (Å²) in [6, 6.07) is 4.02. The number of rotatable bonds is 4. The summed E-state index contributed by atoms with van der Waals surface area (Å²) >= 11 is 0. The molecule has 0 radical (unpaired) electrons. The Morgan fingerprint density at radius 3 is 2.73 bits per heavy atom. The first kappa shape index (κ1) is 16.5. The van der Waals surface area contributed by atoms with E-state index in [1.54, 1.807) is 28.0 Å². The van der Waals surface area contributed by atoms with Gasteiger partial charge in [-0.15, -0.1) is 0 Å². The van der Waals surface area contributed by atoms with Crippen molar-refractivity contribution in [2.45, 2.75) is 38.1 Å². The Balaban J connectivity index is 1.68. The summed E-state index contributed by atoms with van der Waals surface area (Å²) < 4.78 is 3.55. The van der Waals surface area contributed by atoms with E-state index in [-0.39, 0.29) is 11.9 Å². The van der Waals surface area contributed by atoms with Gasteiger partial charge in [-0.05, 0) is 30.5 Å². The van der Waals surface area contributed by atoms with Crippen LogP contribution in [0.5, 0.6) is 0 Å². The van der Waals surface area contributed by atoms with Crippen LogP contribution in [0.3, 0.4) is 0 Å². The van der Waals surface area contributed by atoms with Crippen molar-refractivity contribution in [3.05, 3.63) is 48.9 Å². The first-order chi connectivity index (χ1) is 12.7. The molecule has 1 N–H and O–H groups in total. The lowest BCUT2D eigenvalue weighted by Gasteiger charge is -2.22. The van der Waals surface area contributed by atoms with E-state index in [0.717, 1.165) is 24.0 Å². The number of carbonyl (C=O) groups excluding carboxylic acids is 1. The van der Waals surface area contributed by atoms with Crippen molar-refractivity contribution in [1.29, 1.82) is 0 Å². The van der Waals surface area contributed by atoms with E-state index in [4.69, 9.17) is 0 Å². The number of nitrogens with zero attached hydrogens (tertiary/aromatic N) is 5. The lowest BCUT2D eigenvalue weighted by Crippen LogP contribution is -2.36. The summed E-state index contributed by atoms with van der Waals surface area (Å²) in [6.07, 6.45) is 14.6. The van der Waals surface area contributed by atoms with Gasteiger partial charge in [0.2, 0.25) is 0 Å². The molecule has 3 aromatic heterocycles. The number of imidazole rings is 1. The van der Waals surface area contributed by atoms with E-state index in [1.807, 2.05) is 31.6 Å². The van der Waals surface area contributed by atoms with Crippen LogP contribution in [0, 0.1) is 0 Å². The van der Waals surface area contributed by atoms with Gasteiger partial charge in [0.25, 0.3) is 5.91 Å². The number of hydrogen-bond acceptors (Lipinski definition) is 4. The lowest BCUT2D eigenvalue weighted by atomic mass is 9.95. The molecule has 3 aromatic rings. The first-order valence-corrected chi connectivity index (χ1v) is 8.99.